The summed E-state index contributed by atoms with van der Waals surface area (Å²) in [6.07, 6.45) is 2.03. The van der Waals surface area contributed by atoms with E-state index in [-0.39, 0.29) is 36.4 Å². The zero-order chi connectivity index (χ0) is 37.1. The average molecular weight is 699 g/mol. The van der Waals surface area contributed by atoms with Gasteiger partial charge in [0, 0.05) is 37.7 Å². The highest BCUT2D eigenvalue weighted by Crippen LogP contribution is 2.25. The summed E-state index contributed by atoms with van der Waals surface area (Å²) in [5.41, 5.74) is 10.3. The Kier molecular flexibility index (Phi) is 13.7. The molecule has 0 aromatic heterocycles. The van der Waals surface area contributed by atoms with Crippen LogP contribution in [0.2, 0.25) is 0 Å². The first-order valence-electron chi connectivity index (χ1n) is 17.5. The average Bonchev–Trinajstić information content (AvgIpc) is 3.12. The Morgan fingerprint density at radius 2 is 1.47 bits per heavy atom. The lowest BCUT2D eigenvalue weighted by atomic mass is 9.96. The number of phenols is 1. The molecule has 1 aliphatic heterocycles. The topological polar surface area (TPSA) is 174 Å². The van der Waals surface area contributed by atoms with Gasteiger partial charge in [0.1, 0.15) is 17.8 Å². The van der Waals surface area contributed by atoms with Gasteiger partial charge in [0.2, 0.25) is 29.5 Å². The number of phenolic OH excluding ortho intramolecular Hbond substituents is 1. The smallest absolute Gasteiger partial charge is 0.245 e. The number of nitrogens with one attached hydrogen (secondary N) is 3. The number of amides is 5. The van der Waals surface area contributed by atoms with Crippen LogP contribution < -0.4 is 26.6 Å². The number of benzene rings is 3. The highest BCUT2D eigenvalue weighted by molar-refractivity contribution is 5.94. The monoisotopic (exact) mass is 698 g/mol. The fourth-order valence-electron chi connectivity index (χ4n) is 6.49. The zero-order valence-corrected chi connectivity index (χ0v) is 29.9. The molecule has 0 aliphatic carbocycles. The van der Waals surface area contributed by atoms with Crippen LogP contribution in [0.4, 0.5) is 5.69 Å². The number of anilines is 1. The van der Waals surface area contributed by atoms with Crippen LogP contribution in [0.25, 0.3) is 0 Å². The second-order valence-electron chi connectivity index (χ2n) is 13.1. The van der Waals surface area contributed by atoms with Crippen molar-refractivity contribution < 1.29 is 29.1 Å². The number of carbonyl (C=O) groups is 5. The minimum Gasteiger partial charge on any atom is -0.508 e. The van der Waals surface area contributed by atoms with Gasteiger partial charge in [-0.05, 0) is 86.6 Å². The number of carbonyl (C=O) groups excluding carboxylic acids is 5. The third kappa shape index (κ3) is 10.6. The number of rotatable bonds is 14. The first kappa shape index (κ1) is 38.6. The van der Waals surface area contributed by atoms with Gasteiger partial charge in [0.25, 0.3) is 0 Å². The predicted molar refractivity (Wildman–Crippen MR) is 196 cm³/mol. The predicted octanol–water partition coefficient (Wildman–Crippen LogP) is 2.66. The lowest BCUT2D eigenvalue weighted by Crippen LogP contribution is -2.56. The van der Waals surface area contributed by atoms with Gasteiger partial charge < -0.3 is 36.6 Å². The molecule has 3 atom stereocenters. The minimum atomic E-state index is -0.976. The van der Waals surface area contributed by atoms with Crippen LogP contribution in [0, 0.1) is 13.8 Å². The van der Waals surface area contributed by atoms with Gasteiger partial charge in [-0.15, -0.1) is 0 Å². The third-order valence-corrected chi connectivity index (χ3v) is 9.28. The second kappa shape index (κ2) is 18.1. The Morgan fingerprint density at radius 3 is 2.06 bits per heavy atom. The van der Waals surface area contributed by atoms with Crippen molar-refractivity contribution in [1.29, 1.82) is 0 Å². The van der Waals surface area contributed by atoms with E-state index >= 15 is 0 Å². The summed E-state index contributed by atoms with van der Waals surface area (Å²) in [6, 6.07) is 19.3. The summed E-state index contributed by atoms with van der Waals surface area (Å²) in [7, 11) is 0. The Labute approximate surface area is 299 Å². The SMILES string of the molecule is CCC(=O)N(c1ccccc1)C1CCN(C(=O)C(Cc2ccccc2)NC(=O)CNC(=O)[C@H](C)NC(=O)C(N)Cc2c(C)cc(O)cc2C)CC1. The molecule has 6 N–H and O–H groups in total. The molecule has 1 saturated heterocycles. The Balaban J connectivity index is 1.33. The summed E-state index contributed by atoms with van der Waals surface area (Å²) in [5.74, 6) is -1.74. The quantitative estimate of drug-likeness (QED) is 0.172. The molecule has 12 heteroatoms. The molecule has 2 unspecified atom stereocenters. The molecule has 1 heterocycles. The maximum Gasteiger partial charge on any atom is 0.245 e. The molecule has 0 bridgehead atoms. The fourth-order valence-corrected chi connectivity index (χ4v) is 6.49. The van der Waals surface area contributed by atoms with E-state index in [0.29, 0.717) is 32.4 Å². The molecule has 272 valence electrons. The summed E-state index contributed by atoms with van der Waals surface area (Å²) >= 11 is 0. The van der Waals surface area contributed by atoms with Gasteiger partial charge in [-0.1, -0.05) is 55.5 Å². The highest BCUT2D eigenvalue weighted by Gasteiger charge is 2.33. The fraction of sp³-hybridized carbons (Fsp3) is 0.410. The van der Waals surface area contributed by atoms with Crippen LogP contribution in [-0.2, 0) is 36.8 Å². The number of piperidine rings is 1. The zero-order valence-electron chi connectivity index (χ0n) is 29.9. The van der Waals surface area contributed by atoms with Crippen molar-refractivity contribution >= 4 is 35.2 Å². The molecule has 51 heavy (non-hydrogen) atoms. The number of para-hydroxylation sites is 1. The number of aryl methyl sites for hydroxylation is 2. The Bertz CT molecular complexity index is 1650. The number of nitrogens with zero attached hydrogens (tertiary/aromatic N) is 2. The van der Waals surface area contributed by atoms with Crippen molar-refractivity contribution in [2.24, 2.45) is 5.73 Å². The van der Waals surface area contributed by atoms with Gasteiger partial charge in [-0.25, -0.2) is 0 Å². The summed E-state index contributed by atoms with van der Waals surface area (Å²) < 4.78 is 0. The van der Waals surface area contributed by atoms with Gasteiger partial charge in [0.15, 0.2) is 0 Å². The number of hydrogen-bond acceptors (Lipinski definition) is 7. The molecule has 0 spiro atoms. The first-order valence-corrected chi connectivity index (χ1v) is 17.5. The lowest BCUT2D eigenvalue weighted by Gasteiger charge is -2.39. The number of aromatic hydroxyl groups is 1. The van der Waals surface area contributed by atoms with Crippen molar-refractivity contribution in [1.82, 2.24) is 20.9 Å². The van der Waals surface area contributed by atoms with E-state index in [1.807, 2.05) is 86.3 Å². The van der Waals surface area contributed by atoms with Gasteiger partial charge >= 0.3 is 0 Å². The van der Waals surface area contributed by atoms with Crippen molar-refractivity contribution in [3.63, 3.8) is 0 Å². The molecule has 5 amide bonds. The minimum absolute atomic E-state index is 0.0261. The van der Waals surface area contributed by atoms with E-state index in [1.54, 1.807) is 17.0 Å². The van der Waals surface area contributed by atoms with E-state index in [9.17, 15) is 29.1 Å². The van der Waals surface area contributed by atoms with E-state index < -0.39 is 42.4 Å². The molecule has 12 nitrogen and oxygen atoms in total. The lowest BCUT2D eigenvalue weighted by molar-refractivity contribution is -0.137. The van der Waals surface area contributed by atoms with Crippen LogP contribution in [-0.4, -0.2) is 83.3 Å². The van der Waals surface area contributed by atoms with Crippen molar-refractivity contribution in [2.75, 3.05) is 24.5 Å². The molecule has 1 aliphatic rings. The molecular weight excluding hydrogens is 648 g/mol. The Hall–Kier alpha value is -5.23. The van der Waals surface area contributed by atoms with E-state index in [4.69, 9.17) is 5.73 Å². The van der Waals surface area contributed by atoms with Crippen molar-refractivity contribution in [2.45, 2.75) is 84.0 Å². The van der Waals surface area contributed by atoms with Gasteiger partial charge in [-0.3, -0.25) is 24.0 Å². The number of likely N-dealkylation sites (tertiary alicyclic amines) is 1. The van der Waals surface area contributed by atoms with Crippen LogP contribution in [0.15, 0.2) is 72.8 Å². The standard InChI is InChI=1S/C39H50N6O6/c1-5-36(48)45(29-14-10-7-11-15-29)30-16-18-44(19-17-30)39(51)34(22-28-12-8-6-9-13-28)43-35(47)24-41-37(49)27(4)42-38(50)33(40)23-32-25(2)20-31(46)21-26(32)3/h6-15,20-21,27,30,33-34,46H,5,16-19,22-24,40H2,1-4H3,(H,41,49)(H,42,50)(H,43,47)/t27-,33?,34?/m0/s1. The van der Waals surface area contributed by atoms with E-state index in [2.05, 4.69) is 16.0 Å². The molecule has 3 aromatic rings. The maximum atomic E-state index is 13.9. The molecule has 1 fully saturated rings. The second-order valence-corrected chi connectivity index (χ2v) is 13.1. The largest absolute Gasteiger partial charge is 0.508 e. The van der Waals surface area contributed by atoms with Gasteiger partial charge in [0.05, 0.1) is 12.6 Å². The van der Waals surface area contributed by atoms with Crippen molar-refractivity contribution in [3.8, 4) is 5.75 Å². The first-order chi connectivity index (χ1) is 24.4. The van der Waals surface area contributed by atoms with Crippen LogP contribution in [0.5, 0.6) is 5.75 Å². The molecular formula is C39H50N6O6. The third-order valence-electron chi connectivity index (χ3n) is 9.28. The van der Waals surface area contributed by atoms with Crippen molar-refractivity contribution in [3.05, 3.63) is 95.1 Å². The van der Waals surface area contributed by atoms with Crippen LogP contribution >= 0.6 is 0 Å². The highest BCUT2D eigenvalue weighted by atomic mass is 16.3. The van der Waals surface area contributed by atoms with E-state index in [1.165, 1.54) is 6.92 Å². The number of nitrogens with two attached hydrogens (primary N) is 1. The molecule has 4 rings (SSSR count). The van der Waals surface area contributed by atoms with Crippen LogP contribution in [0.3, 0.4) is 0 Å². The number of hydrogen-bond donors (Lipinski definition) is 5. The molecule has 3 aromatic carbocycles. The normalized spacial score (nSPS) is 14.9. The molecule has 0 radical (unpaired) electrons. The van der Waals surface area contributed by atoms with Crippen LogP contribution in [0.1, 0.15) is 55.4 Å². The molecule has 0 saturated carbocycles. The summed E-state index contributed by atoms with van der Waals surface area (Å²) in [4.78, 5) is 69.1. The van der Waals surface area contributed by atoms with E-state index in [0.717, 1.165) is 27.9 Å². The summed E-state index contributed by atoms with van der Waals surface area (Å²) in [6.45, 7) is 7.43. The summed E-state index contributed by atoms with van der Waals surface area (Å²) in [5, 5.41) is 17.8. The maximum absolute atomic E-state index is 13.9. The van der Waals surface area contributed by atoms with Gasteiger partial charge in [-0.2, -0.15) is 0 Å². The Morgan fingerprint density at radius 1 is 0.882 bits per heavy atom.